The Morgan fingerprint density at radius 2 is 2.08 bits per heavy atom. The summed E-state index contributed by atoms with van der Waals surface area (Å²) in [5.74, 6) is 0.469. The number of nitrogens with zero attached hydrogens (tertiary/aromatic N) is 5. The Balaban J connectivity index is 1.49. The van der Waals surface area contributed by atoms with Gasteiger partial charge in [0.25, 0.3) is 0 Å². The lowest BCUT2D eigenvalue weighted by Gasteiger charge is -2.29. The molecule has 0 bridgehead atoms. The zero-order valence-corrected chi connectivity index (χ0v) is 20.8. The Morgan fingerprint density at radius 3 is 2.84 bits per heavy atom. The Labute approximate surface area is 218 Å². The molecule has 198 valence electrons. The third-order valence-electron chi connectivity index (χ3n) is 6.20. The molecule has 14 heteroatoms. The average molecular weight is 546 g/mol. The number of nitrogens with two attached hydrogens (primary N) is 1. The van der Waals surface area contributed by atoms with Gasteiger partial charge in [0.2, 0.25) is 5.88 Å². The molecule has 0 aliphatic carbocycles. The van der Waals surface area contributed by atoms with Crippen molar-refractivity contribution in [3.8, 4) is 22.9 Å². The molecule has 1 fully saturated rings. The number of likely N-dealkylation sites (tertiary alicyclic amines) is 1. The zero-order chi connectivity index (χ0) is 27.0. The summed E-state index contributed by atoms with van der Waals surface area (Å²) in [6.45, 7) is 2.07. The SMILES string of the molecule is C[C@H](Nc1nc(C(F)(F)F)ccc1-c1cc(Oc2cccc3sc(N)nc23)ncn1)C1CCCN1C(=O)O. The second-order valence-electron chi connectivity index (χ2n) is 8.71. The highest BCUT2D eigenvalue weighted by molar-refractivity contribution is 7.22. The van der Waals surface area contributed by atoms with Gasteiger partial charge in [0.05, 0.1) is 16.4 Å². The number of aromatic nitrogens is 4. The lowest BCUT2D eigenvalue weighted by molar-refractivity contribution is -0.141. The zero-order valence-electron chi connectivity index (χ0n) is 19.9. The van der Waals surface area contributed by atoms with Crippen molar-refractivity contribution in [2.24, 2.45) is 0 Å². The summed E-state index contributed by atoms with van der Waals surface area (Å²) in [5.41, 5.74) is 5.82. The van der Waals surface area contributed by atoms with Gasteiger partial charge in [-0.25, -0.2) is 24.7 Å². The molecular formula is C24H22F3N7O3S. The smallest absolute Gasteiger partial charge is 0.433 e. The first-order valence-corrected chi connectivity index (χ1v) is 12.4. The van der Waals surface area contributed by atoms with Crippen LogP contribution < -0.4 is 15.8 Å². The van der Waals surface area contributed by atoms with Gasteiger partial charge in [-0.05, 0) is 44.0 Å². The monoisotopic (exact) mass is 545 g/mol. The molecule has 1 aliphatic rings. The molecule has 2 atom stereocenters. The molecule has 0 radical (unpaired) electrons. The van der Waals surface area contributed by atoms with Crippen LogP contribution in [0, 0.1) is 0 Å². The summed E-state index contributed by atoms with van der Waals surface area (Å²) < 4.78 is 47.3. The fraction of sp³-hybridized carbons (Fsp3) is 0.292. The summed E-state index contributed by atoms with van der Waals surface area (Å²) in [4.78, 5) is 29.4. The number of rotatable bonds is 6. The maximum absolute atomic E-state index is 13.5. The number of fused-ring (bicyclic) bond motifs is 1. The van der Waals surface area contributed by atoms with Crippen molar-refractivity contribution >= 4 is 38.6 Å². The molecule has 1 amide bonds. The van der Waals surface area contributed by atoms with Crippen molar-refractivity contribution < 1.29 is 27.8 Å². The normalized spacial score (nSPS) is 16.5. The number of ether oxygens (including phenoxy) is 1. The number of carbonyl (C=O) groups is 1. The predicted octanol–water partition coefficient (Wildman–Crippen LogP) is 5.48. The van der Waals surface area contributed by atoms with Gasteiger partial charge in [-0.1, -0.05) is 17.4 Å². The quantitative estimate of drug-likeness (QED) is 0.287. The summed E-state index contributed by atoms with van der Waals surface area (Å²) in [5, 5.41) is 12.9. The second kappa shape index (κ2) is 9.93. The van der Waals surface area contributed by atoms with Crippen LogP contribution in [0.5, 0.6) is 11.6 Å². The van der Waals surface area contributed by atoms with Crippen LogP contribution in [0.25, 0.3) is 21.5 Å². The topological polar surface area (TPSA) is 139 Å². The third-order valence-corrected chi connectivity index (χ3v) is 7.05. The predicted molar refractivity (Wildman–Crippen MR) is 135 cm³/mol. The fourth-order valence-electron chi connectivity index (χ4n) is 4.47. The van der Waals surface area contributed by atoms with Crippen molar-refractivity contribution in [3.63, 3.8) is 0 Å². The van der Waals surface area contributed by atoms with Crippen LogP contribution in [0.15, 0.2) is 42.7 Å². The van der Waals surface area contributed by atoms with Crippen molar-refractivity contribution in [2.45, 2.75) is 38.0 Å². The van der Waals surface area contributed by atoms with E-state index in [9.17, 15) is 23.1 Å². The molecule has 0 spiro atoms. The molecule has 10 nitrogen and oxygen atoms in total. The Hall–Kier alpha value is -4.20. The largest absolute Gasteiger partial charge is 0.465 e. The van der Waals surface area contributed by atoms with Crippen molar-refractivity contribution in [1.29, 1.82) is 0 Å². The number of halogens is 3. The lowest BCUT2D eigenvalue weighted by atomic mass is 10.1. The van der Waals surface area contributed by atoms with Crippen LogP contribution in [-0.2, 0) is 6.18 Å². The highest BCUT2D eigenvalue weighted by atomic mass is 32.1. The molecule has 38 heavy (non-hydrogen) atoms. The minimum atomic E-state index is -4.67. The van der Waals surface area contributed by atoms with Gasteiger partial charge in [0.1, 0.15) is 23.4 Å². The maximum atomic E-state index is 13.5. The van der Waals surface area contributed by atoms with E-state index in [-0.39, 0.29) is 23.0 Å². The molecule has 0 saturated carbocycles. The van der Waals surface area contributed by atoms with Crippen molar-refractivity contribution in [1.82, 2.24) is 24.8 Å². The maximum Gasteiger partial charge on any atom is 0.433 e. The van der Waals surface area contributed by atoms with Crippen LogP contribution in [0.4, 0.5) is 28.9 Å². The Kier molecular flexibility index (Phi) is 6.65. The number of nitrogens with one attached hydrogen (secondary N) is 1. The number of pyridine rings is 1. The van der Waals surface area contributed by atoms with Crippen molar-refractivity contribution in [3.05, 3.63) is 48.4 Å². The van der Waals surface area contributed by atoms with E-state index in [1.807, 2.05) is 6.07 Å². The Bertz CT molecular complexity index is 1500. The minimum Gasteiger partial charge on any atom is -0.465 e. The van der Waals surface area contributed by atoms with E-state index in [0.717, 1.165) is 10.8 Å². The number of nitrogen functional groups attached to an aromatic ring is 1. The van der Waals surface area contributed by atoms with Gasteiger partial charge < -0.3 is 25.8 Å². The van der Waals surface area contributed by atoms with Gasteiger partial charge in [-0.3, -0.25) is 0 Å². The highest BCUT2D eigenvalue weighted by Gasteiger charge is 2.35. The average Bonchev–Trinajstić information content (AvgIpc) is 3.51. The number of alkyl halides is 3. The number of hydrogen-bond donors (Lipinski definition) is 3. The van der Waals surface area contributed by atoms with E-state index < -0.39 is 30.0 Å². The van der Waals surface area contributed by atoms with E-state index in [1.165, 1.54) is 34.7 Å². The van der Waals surface area contributed by atoms with Crippen LogP contribution in [0.1, 0.15) is 25.5 Å². The van der Waals surface area contributed by atoms with E-state index in [1.54, 1.807) is 19.1 Å². The Morgan fingerprint density at radius 1 is 1.26 bits per heavy atom. The number of amides is 1. The number of anilines is 2. The van der Waals surface area contributed by atoms with E-state index >= 15 is 0 Å². The van der Waals surface area contributed by atoms with Crippen LogP contribution in [-0.4, -0.2) is 54.7 Å². The molecule has 4 aromatic rings. The molecule has 1 aliphatic heterocycles. The summed E-state index contributed by atoms with van der Waals surface area (Å²) >= 11 is 1.31. The molecule has 4 N–H and O–H groups in total. The number of benzene rings is 1. The summed E-state index contributed by atoms with van der Waals surface area (Å²) in [6.07, 6.45) is -3.28. The van der Waals surface area contributed by atoms with Crippen molar-refractivity contribution in [2.75, 3.05) is 17.6 Å². The number of carboxylic acid groups (broad SMARTS) is 1. The number of hydrogen-bond acceptors (Lipinski definition) is 9. The van der Waals surface area contributed by atoms with E-state index in [4.69, 9.17) is 10.5 Å². The first-order valence-electron chi connectivity index (χ1n) is 11.6. The van der Waals surface area contributed by atoms with Gasteiger partial charge in [-0.2, -0.15) is 13.2 Å². The number of thiazole rings is 1. The second-order valence-corrected chi connectivity index (χ2v) is 9.77. The molecule has 1 aromatic carbocycles. The van der Waals surface area contributed by atoms with E-state index in [0.29, 0.717) is 35.8 Å². The molecule has 4 heterocycles. The lowest BCUT2D eigenvalue weighted by Crippen LogP contribution is -2.44. The van der Waals surface area contributed by atoms with Gasteiger partial charge in [0.15, 0.2) is 10.9 Å². The summed E-state index contributed by atoms with van der Waals surface area (Å²) in [6, 6.07) is 8.00. The van der Waals surface area contributed by atoms with Gasteiger partial charge in [-0.15, -0.1) is 0 Å². The third kappa shape index (κ3) is 5.11. The van der Waals surface area contributed by atoms with E-state index in [2.05, 4.69) is 25.3 Å². The molecule has 3 aromatic heterocycles. The van der Waals surface area contributed by atoms with Gasteiger partial charge in [0, 0.05) is 24.2 Å². The summed E-state index contributed by atoms with van der Waals surface area (Å²) in [7, 11) is 0. The molecule has 1 unspecified atom stereocenters. The van der Waals surface area contributed by atoms with Crippen LogP contribution in [0.3, 0.4) is 0 Å². The first-order chi connectivity index (χ1) is 18.1. The van der Waals surface area contributed by atoms with Gasteiger partial charge >= 0.3 is 12.3 Å². The number of para-hydroxylation sites is 1. The van der Waals surface area contributed by atoms with Crippen LogP contribution in [0.2, 0.25) is 0 Å². The molecule has 5 rings (SSSR count). The standard InChI is InChI=1S/C24H22F3N7O3S/c1-12(15-4-3-9-34(15)23(35)36)31-21-13(7-8-18(32-21)24(25,26)27)14-10-19(30-11-29-14)37-16-5-2-6-17-20(16)33-22(28)38-17/h2,5-8,10-12,15H,3-4,9H2,1H3,(H2,28,33)(H,31,32)(H,35,36)/t12-,15?/m0/s1. The fourth-order valence-corrected chi connectivity index (χ4v) is 5.23. The minimum absolute atomic E-state index is 0.0800. The highest BCUT2D eigenvalue weighted by Crippen LogP contribution is 2.36. The van der Waals surface area contributed by atoms with Crippen LogP contribution >= 0.6 is 11.3 Å². The molecular weight excluding hydrogens is 523 g/mol. The first kappa shape index (κ1) is 25.4. The molecule has 1 saturated heterocycles.